The van der Waals surface area contributed by atoms with Gasteiger partial charge in [-0.25, -0.2) is 10.2 Å². The highest BCUT2D eigenvalue weighted by molar-refractivity contribution is 7.94. The Morgan fingerprint density at radius 3 is 2.50 bits per heavy atom. The van der Waals surface area contributed by atoms with Gasteiger partial charge in [0, 0.05) is 29.5 Å². The third-order valence-corrected chi connectivity index (χ3v) is 7.46. The fraction of sp³-hybridized carbons (Fsp3) is 0.154. The van der Waals surface area contributed by atoms with Gasteiger partial charge in [0.1, 0.15) is 12.3 Å². The molecule has 196 valence electrons. The number of nitrogens with zero attached hydrogens (tertiary/aromatic N) is 2. The second-order valence-electron chi connectivity index (χ2n) is 8.34. The van der Waals surface area contributed by atoms with Crippen molar-refractivity contribution in [2.45, 2.75) is 17.9 Å². The molecule has 0 aliphatic rings. The molecule has 2 N–H and O–H groups in total. The lowest BCUT2D eigenvalue weighted by atomic mass is 10.0. The van der Waals surface area contributed by atoms with Crippen LogP contribution in [-0.2, 0) is 26.0 Å². The predicted molar refractivity (Wildman–Crippen MR) is 141 cm³/mol. The zero-order valence-corrected chi connectivity index (χ0v) is 21.7. The molecular formula is C26H23N2O8S2+. The number of benzene rings is 3. The van der Waals surface area contributed by atoms with Crippen LogP contribution >= 0.6 is 12.0 Å². The summed E-state index contributed by atoms with van der Waals surface area (Å²) in [4.78, 5) is 5.12. The van der Waals surface area contributed by atoms with Crippen molar-refractivity contribution in [1.29, 1.82) is 0 Å². The number of pyridine rings is 1. The summed E-state index contributed by atoms with van der Waals surface area (Å²) in [6.07, 6.45) is 3.75. The fourth-order valence-electron chi connectivity index (χ4n) is 4.46. The molecule has 0 radical (unpaired) electrons. The monoisotopic (exact) mass is 555 g/mol. The van der Waals surface area contributed by atoms with Gasteiger partial charge in [0.05, 0.1) is 46.9 Å². The Bertz CT molecular complexity index is 1720. The summed E-state index contributed by atoms with van der Waals surface area (Å²) in [6, 6.07) is 19.0. The summed E-state index contributed by atoms with van der Waals surface area (Å²) in [5.41, 5.74) is 2.38. The van der Waals surface area contributed by atoms with Gasteiger partial charge >= 0.3 is 0 Å². The lowest BCUT2D eigenvalue weighted by molar-refractivity contribution is -0.671. The molecule has 0 aliphatic heterocycles. The van der Waals surface area contributed by atoms with Gasteiger partial charge in [-0.2, -0.15) is 13.0 Å². The number of aryl methyl sites for hydroxylation is 1. The third-order valence-electron chi connectivity index (χ3n) is 6.05. The Balaban J connectivity index is 1.57. The van der Waals surface area contributed by atoms with Crippen LogP contribution in [-0.4, -0.2) is 36.1 Å². The minimum absolute atomic E-state index is 0.270. The Kier molecular flexibility index (Phi) is 7.61. The Morgan fingerprint density at radius 2 is 1.76 bits per heavy atom. The number of para-hydroxylation sites is 1. The Labute approximate surface area is 222 Å². The highest BCUT2D eigenvalue weighted by Crippen LogP contribution is 2.43. The zero-order chi connectivity index (χ0) is 26.7. The Hall–Kier alpha value is -3.52. The zero-order valence-electron chi connectivity index (χ0n) is 20.1. The number of rotatable bonds is 10. The topological polar surface area (TPSA) is 132 Å². The molecule has 0 spiro atoms. The number of ether oxygens (including phenoxy) is 1. The number of methoxy groups -OCH3 is 1. The summed E-state index contributed by atoms with van der Waals surface area (Å²) in [5.74, 6) is 1.16. The quantitative estimate of drug-likeness (QED) is 0.0767. The van der Waals surface area contributed by atoms with Crippen molar-refractivity contribution in [1.82, 2.24) is 4.98 Å². The molecule has 5 aromatic rings. The van der Waals surface area contributed by atoms with Crippen LogP contribution in [0.4, 0.5) is 0 Å². The number of oxazole rings is 1. The summed E-state index contributed by atoms with van der Waals surface area (Å²) >= 11 is 0.794. The highest BCUT2D eigenvalue weighted by atomic mass is 32.2. The smallest absolute Gasteiger partial charge is 0.265 e. The van der Waals surface area contributed by atoms with E-state index in [1.54, 1.807) is 19.4 Å². The van der Waals surface area contributed by atoms with Crippen molar-refractivity contribution < 1.29 is 41.3 Å². The maximum Gasteiger partial charge on any atom is 0.265 e. The van der Waals surface area contributed by atoms with Gasteiger partial charge in [-0.1, -0.05) is 41.4 Å². The standard InChI is InChI=1S/C26H22N2O8S2/c1-33-25-19-9-3-2-7-17(19)21(15-24(25)37-36-35-29)23-16-27-26(34-23)20-11-13-28(12-6-14-38(30,31)32)22-10-5-4-8-18(20)22/h2-5,7-11,13,15-16H,6,12,14H2,1H3,(H-,29,30,31,32)/p+1. The third kappa shape index (κ3) is 5.36. The summed E-state index contributed by atoms with van der Waals surface area (Å²) in [6.45, 7) is 0.412. The molecule has 0 atom stereocenters. The maximum absolute atomic E-state index is 11.1. The molecule has 0 aliphatic carbocycles. The minimum Gasteiger partial charge on any atom is -0.495 e. The van der Waals surface area contributed by atoms with Gasteiger partial charge in [-0.05, 0) is 17.5 Å². The van der Waals surface area contributed by atoms with Crippen molar-refractivity contribution in [2.24, 2.45) is 0 Å². The van der Waals surface area contributed by atoms with Gasteiger partial charge < -0.3 is 9.15 Å². The normalized spacial score (nSPS) is 11.9. The number of aromatic nitrogens is 2. The van der Waals surface area contributed by atoms with Gasteiger partial charge in [-0.15, -0.1) is 4.33 Å². The largest absolute Gasteiger partial charge is 0.495 e. The van der Waals surface area contributed by atoms with Crippen LogP contribution in [0.1, 0.15) is 6.42 Å². The SMILES string of the molecule is COc1c(SOOO)cc(-c2cnc(-c3cc[n+](CCCS(=O)(=O)O)c4ccccc34)o2)c2ccccc12. The molecule has 12 heteroatoms. The molecule has 0 bridgehead atoms. The maximum atomic E-state index is 11.1. The summed E-state index contributed by atoms with van der Waals surface area (Å²) in [7, 11) is -2.48. The van der Waals surface area contributed by atoms with Crippen LogP contribution in [0.5, 0.6) is 5.75 Å². The number of fused-ring (bicyclic) bond motifs is 2. The average molecular weight is 556 g/mol. The molecule has 3 aromatic carbocycles. The van der Waals surface area contributed by atoms with E-state index in [0.29, 0.717) is 28.8 Å². The van der Waals surface area contributed by atoms with Crippen LogP contribution in [0.3, 0.4) is 0 Å². The van der Waals surface area contributed by atoms with Crippen LogP contribution in [0.15, 0.2) is 82.4 Å². The minimum atomic E-state index is -4.03. The average Bonchev–Trinajstić information content (AvgIpc) is 3.40. The van der Waals surface area contributed by atoms with Crippen LogP contribution in [0.25, 0.3) is 44.5 Å². The number of hydrogen-bond donors (Lipinski definition) is 2. The van der Waals surface area contributed by atoms with E-state index in [4.69, 9.17) is 19.0 Å². The molecule has 2 aromatic heterocycles. The van der Waals surface area contributed by atoms with E-state index in [1.807, 2.05) is 65.4 Å². The first kappa shape index (κ1) is 26.1. The Morgan fingerprint density at radius 1 is 1.03 bits per heavy atom. The first-order valence-corrected chi connectivity index (χ1v) is 13.8. The van der Waals surface area contributed by atoms with Crippen LogP contribution in [0.2, 0.25) is 0 Å². The molecule has 0 saturated carbocycles. The van der Waals surface area contributed by atoms with Crippen LogP contribution < -0.4 is 9.30 Å². The van der Waals surface area contributed by atoms with Crippen molar-refractivity contribution in [3.8, 4) is 28.5 Å². The molecule has 10 nitrogen and oxygen atoms in total. The first-order chi connectivity index (χ1) is 18.4. The molecule has 38 heavy (non-hydrogen) atoms. The van der Waals surface area contributed by atoms with Gasteiger partial charge in [0.2, 0.25) is 11.4 Å². The summed E-state index contributed by atoms with van der Waals surface area (Å²) < 4.78 is 49.8. The lowest BCUT2D eigenvalue weighted by Gasteiger charge is -2.13. The molecule has 0 amide bonds. The van der Waals surface area contributed by atoms with Gasteiger partial charge in [-0.3, -0.25) is 4.55 Å². The van der Waals surface area contributed by atoms with Crippen molar-refractivity contribution in [2.75, 3.05) is 12.9 Å². The first-order valence-electron chi connectivity index (χ1n) is 11.5. The van der Waals surface area contributed by atoms with E-state index in [1.165, 1.54) is 0 Å². The van der Waals surface area contributed by atoms with Crippen molar-refractivity contribution in [3.63, 3.8) is 0 Å². The lowest BCUT2D eigenvalue weighted by Crippen LogP contribution is -2.35. The molecular weight excluding hydrogens is 532 g/mol. The van der Waals surface area contributed by atoms with E-state index in [-0.39, 0.29) is 12.2 Å². The predicted octanol–water partition coefficient (Wildman–Crippen LogP) is 5.32. The van der Waals surface area contributed by atoms with Crippen molar-refractivity contribution >= 4 is 43.8 Å². The van der Waals surface area contributed by atoms with Crippen molar-refractivity contribution in [3.05, 3.63) is 73.1 Å². The summed E-state index contributed by atoms with van der Waals surface area (Å²) in [5, 5.41) is 15.0. The van der Waals surface area contributed by atoms with Crippen LogP contribution in [0, 0.1) is 0 Å². The van der Waals surface area contributed by atoms with E-state index >= 15 is 0 Å². The van der Waals surface area contributed by atoms with Gasteiger partial charge in [0.15, 0.2) is 12.0 Å². The van der Waals surface area contributed by atoms with E-state index < -0.39 is 10.1 Å². The van der Waals surface area contributed by atoms with E-state index in [0.717, 1.165) is 44.8 Å². The molecule has 2 heterocycles. The van der Waals surface area contributed by atoms with E-state index in [9.17, 15) is 8.42 Å². The fourth-order valence-corrected chi connectivity index (χ4v) is 5.49. The van der Waals surface area contributed by atoms with Gasteiger partial charge in [0.25, 0.3) is 10.1 Å². The molecule has 0 saturated heterocycles. The highest BCUT2D eigenvalue weighted by Gasteiger charge is 2.21. The van der Waals surface area contributed by atoms with E-state index in [2.05, 4.69) is 14.4 Å². The molecule has 0 fully saturated rings. The second kappa shape index (κ2) is 11.1. The second-order valence-corrected chi connectivity index (χ2v) is 10.7. The molecule has 5 rings (SSSR count). The number of hydrogen-bond acceptors (Lipinski definition) is 9. The molecule has 0 unspecified atom stereocenters.